The number of aromatic nitrogens is 1. The molecular weight excluding hydrogens is 214 g/mol. The standard InChI is InChI=1S/C10H9NOS2/c12-7-9-1-2-10(14-9)13-8-3-5-11-6-4-8/h1-6,12H,7H2. The van der Waals surface area contributed by atoms with Gasteiger partial charge in [-0.05, 0) is 24.3 Å². The van der Waals surface area contributed by atoms with Crippen molar-refractivity contribution in [1.82, 2.24) is 4.98 Å². The first-order valence-electron chi connectivity index (χ1n) is 4.16. The quantitative estimate of drug-likeness (QED) is 0.868. The van der Waals surface area contributed by atoms with Gasteiger partial charge in [0.05, 0.1) is 10.8 Å². The third-order valence-corrected chi connectivity index (χ3v) is 3.87. The molecule has 0 aliphatic heterocycles. The van der Waals surface area contributed by atoms with Gasteiger partial charge in [-0.2, -0.15) is 0 Å². The predicted molar refractivity (Wildman–Crippen MR) is 58.6 cm³/mol. The monoisotopic (exact) mass is 223 g/mol. The van der Waals surface area contributed by atoms with Crippen LogP contribution in [0.25, 0.3) is 0 Å². The molecule has 0 aliphatic carbocycles. The van der Waals surface area contributed by atoms with E-state index in [0.29, 0.717) is 0 Å². The molecule has 0 radical (unpaired) electrons. The maximum atomic E-state index is 8.91. The normalized spacial score (nSPS) is 10.4. The summed E-state index contributed by atoms with van der Waals surface area (Å²) in [5.74, 6) is 0. The van der Waals surface area contributed by atoms with Gasteiger partial charge in [0, 0.05) is 22.2 Å². The molecule has 1 N–H and O–H groups in total. The Morgan fingerprint density at radius 2 is 2.00 bits per heavy atom. The maximum Gasteiger partial charge on any atom is 0.0774 e. The van der Waals surface area contributed by atoms with E-state index in [2.05, 4.69) is 4.98 Å². The van der Waals surface area contributed by atoms with Crippen molar-refractivity contribution in [1.29, 1.82) is 0 Å². The van der Waals surface area contributed by atoms with Gasteiger partial charge in [0.1, 0.15) is 0 Å². The van der Waals surface area contributed by atoms with Crippen LogP contribution < -0.4 is 0 Å². The molecule has 0 aliphatic rings. The van der Waals surface area contributed by atoms with Crippen molar-refractivity contribution in [3.8, 4) is 0 Å². The Balaban J connectivity index is 2.11. The average molecular weight is 223 g/mol. The fourth-order valence-electron chi connectivity index (χ4n) is 1.02. The fourth-order valence-corrected chi connectivity index (χ4v) is 3.02. The van der Waals surface area contributed by atoms with Crippen LogP contribution in [0, 0.1) is 0 Å². The van der Waals surface area contributed by atoms with Crippen molar-refractivity contribution < 1.29 is 5.11 Å². The Kier molecular flexibility index (Phi) is 3.18. The van der Waals surface area contributed by atoms with Crippen LogP contribution >= 0.6 is 23.1 Å². The summed E-state index contributed by atoms with van der Waals surface area (Å²) in [5, 5.41) is 8.91. The minimum Gasteiger partial charge on any atom is -0.391 e. The summed E-state index contributed by atoms with van der Waals surface area (Å²) in [4.78, 5) is 6.13. The van der Waals surface area contributed by atoms with Crippen molar-refractivity contribution >= 4 is 23.1 Å². The predicted octanol–water partition coefficient (Wildman–Crippen LogP) is 2.79. The second-order valence-electron chi connectivity index (χ2n) is 2.66. The van der Waals surface area contributed by atoms with Gasteiger partial charge in [-0.15, -0.1) is 11.3 Å². The van der Waals surface area contributed by atoms with Gasteiger partial charge in [0.2, 0.25) is 0 Å². The van der Waals surface area contributed by atoms with Crippen LogP contribution in [0.2, 0.25) is 0 Å². The van der Waals surface area contributed by atoms with Gasteiger partial charge in [0.15, 0.2) is 0 Å². The molecule has 2 nitrogen and oxygen atoms in total. The number of aliphatic hydroxyl groups is 1. The van der Waals surface area contributed by atoms with Crippen molar-refractivity contribution in [2.45, 2.75) is 15.7 Å². The van der Waals surface area contributed by atoms with E-state index < -0.39 is 0 Å². The second-order valence-corrected chi connectivity index (χ2v) is 5.21. The van der Waals surface area contributed by atoms with E-state index in [1.807, 2.05) is 24.3 Å². The van der Waals surface area contributed by atoms with Crippen LogP contribution in [0.15, 0.2) is 45.8 Å². The van der Waals surface area contributed by atoms with Gasteiger partial charge in [-0.3, -0.25) is 4.98 Å². The lowest BCUT2D eigenvalue weighted by atomic mass is 10.5. The van der Waals surface area contributed by atoms with E-state index in [4.69, 9.17) is 5.11 Å². The van der Waals surface area contributed by atoms with Crippen LogP contribution in [-0.2, 0) is 6.61 Å². The van der Waals surface area contributed by atoms with Crippen LogP contribution in [0.4, 0.5) is 0 Å². The summed E-state index contributed by atoms with van der Waals surface area (Å²) in [5.41, 5.74) is 0. The first-order chi connectivity index (χ1) is 6.88. The summed E-state index contributed by atoms with van der Waals surface area (Å²) >= 11 is 3.31. The highest BCUT2D eigenvalue weighted by Gasteiger charge is 2.00. The number of rotatable bonds is 3. The van der Waals surface area contributed by atoms with Crippen molar-refractivity contribution in [2.75, 3.05) is 0 Å². The highest BCUT2D eigenvalue weighted by molar-refractivity contribution is 8.01. The van der Waals surface area contributed by atoms with E-state index in [0.717, 1.165) is 4.88 Å². The molecule has 0 saturated carbocycles. The molecule has 0 amide bonds. The Morgan fingerprint density at radius 3 is 2.64 bits per heavy atom. The lowest BCUT2D eigenvalue weighted by Gasteiger charge is -1.95. The minimum atomic E-state index is 0.127. The summed E-state index contributed by atoms with van der Waals surface area (Å²) < 4.78 is 1.19. The average Bonchev–Trinajstić information content (AvgIpc) is 2.67. The molecule has 0 saturated heterocycles. The zero-order valence-electron chi connectivity index (χ0n) is 7.38. The molecule has 72 valence electrons. The number of nitrogens with zero attached hydrogens (tertiary/aromatic N) is 1. The molecule has 0 unspecified atom stereocenters. The van der Waals surface area contributed by atoms with Crippen LogP contribution in [0.5, 0.6) is 0 Å². The molecule has 2 aromatic rings. The van der Waals surface area contributed by atoms with Crippen molar-refractivity contribution in [3.63, 3.8) is 0 Å². The Labute approximate surface area is 90.6 Å². The number of hydrogen-bond acceptors (Lipinski definition) is 4. The highest BCUT2D eigenvalue weighted by Crippen LogP contribution is 2.32. The first kappa shape index (κ1) is 9.71. The zero-order valence-corrected chi connectivity index (χ0v) is 9.02. The lowest BCUT2D eigenvalue weighted by molar-refractivity contribution is 0.285. The zero-order chi connectivity index (χ0) is 9.80. The molecule has 0 spiro atoms. The van der Waals surface area contributed by atoms with Crippen LogP contribution in [0.1, 0.15) is 4.88 Å². The molecule has 14 heavy (non-hydrogen) atoms. The SMILES string of the molecule is OCc1ccc(Sc2ccncc2)s1. The number of hydrogen-bond donors (Lipinski definition) is 1. The number of aliphatic hydroxyl groups excluding tert-OH is 1. The minimum absolute atomic E-state index is 0.127. The second kappa shape index (κ2) is 4.59. The van der Waals surface area contributed by atoms with Gasteiger partial charge in [-0.1, -0.05) is 11.8 Å². The summed E-state index contributed by atoms with van der Waals surface area (Å²) in [6.07, 6.45) is 3.56. The third kappa shape index (κ3) is 2.35. The summed E-state index contributed by atoms with van der Waals surface area (Å²) in [6.45, 7) is 0.127. The number of thiophene rings is 1. The van der Waals surface area contributed by atoms with E-state index >= 15 is 0 Å². The molecule has 2 aromatic heterocycles. The molecule has 0 atom stereocenters. The molecule has 4 heteroatoms. The van der Waals surface area contributed by atoms with Crippen molar-refractivity contribution in [3.05, 3.63) is 41.5 Å². The molecule has 0 bridgehead atoms. The molecule has 0 fully saturated rings. The Morgan fingerprint density at radius 1 is 1.21 bits per heavy atom. The van der Waals surface area contributed by atoms with Gasteiger partial charge in [-0.25, -0.2) is 0 Å². The number of pyridine rings is 1. The van der Waals surface area contributed by atoms with E-state index in [1.54, 1.807) is 35.5 Å². The molecule has 0 aromatic carbocycles. The largest absolute Gasteiger partial charge is 0.391 e. The summed E-state index contributed by atoms with van der Waals surface area (Å²) in [7, 11) is 0. The molecule has 2 heterocycles. The molecular formula is C10H9NOS2. The Hall–Kier alpha value is -0.840. The van der Waals surface area contributed by atoms with Gasteiger partial charge in [0.25, 0.3) is 0 Å². The molecule has 2 rings (SSSR count). The van der Waals surface area contributed by atoms with Crippen LogP contribution in [0.3, 0.4) is 0 Å². The van der Waals surface area contributed by atoms with E-state index in [9.17, 15) is 0 Å². The topological polar surface area (TPSA) is 33.1 Å². The summed E-state index contributed by atoms with van der Waals surface area (Å²) in [6, 6.07) is 7.93. The smallest absolute Gasteiger partial charge is 0.0774 e. The van der Waals surface area contributed by atoms with Crippen LogP contribution in [-0.4, -0.2) is 10.1 Å². The highest BCUT2D eigenvalue weighted by atomic mass is 32.2. The first-order valence-corrected chi connectivity index (χ1v) is 5.79. The van der Waals surface area contributed by atoms with E-state index in [1.165, 1.54) is 9.10 Å². The lowest BCUT2D eigenvalue weighted by Crippen LogP contribution is -1.71. The van der Waals surface area contributed by atoms with Gasteiger partial charge >= 0.3 is 0 Å². The third-order valence-electron chi connectivity index (χ3n) is 1.66. The maximum absolute atomic E-state index is 8.91. The van der Waals surface area contributed by atoms with E-state index in [-0.39, 0.29) is 6.61 Å². The van der Waals surface area contributed by atoms with Gasteiger partial charge < -0.3 is 5.11 Å². The van der Waals surface area contributed by atoms with Crippen molar-refractivity contribution in [2.24, 2.45) is 0 Å². The fraction of sp³-hybridized carbons (Fsp3) is 0.100. The Bertz CT molecular complexity index is 400.